The first kappa shape index (κ1) is 21.2. The van der Waals surface area contributed by atoms with Gasteiger partial charge in [-0.05, 0) is 35.2 Å². The van der Waals surface area contributed by atoms with Crippen molar-refractivity contribution in [2.45, 2.75) is 33.5 Å². The summed E-state index contributed by atoms with van der Waals surface area (Å²) in [6.07, 6.45) is -0.858. The first-order valence-corrected chi connectivity index (χ1v) is 10.2. The third kappa shape index (κ3) is 5.99. The minimum atomic E-state index is -0.858. The standard InChI is InChI=1S/C25H28ClNO2/c1-25(2,3)17-27-22-14-13-19(26)15-21(22)24(28)20-11-7-8-12-23(20)29-16-18-9-5-4-6-10-18/h4-15,24,27-28H,16-17H2,1-3H3. The second-order valence-corrected chi connectivity index (χ2v) is 8.80. The smallest absolute Gasteiger partial charge is 0.125 e. The van der Waals surface area contributed by atoms with E-state index >= 15 is 0 Å². The largest absolute Gasteiger partial charge is 0.489 e. The Bertz CT molecular complexity index is 935. The lowest BCUT2D eigenvalue weighted by Gasteiger charge is -2.24. The van der Waals surface area contributed by atoms with Crippen molar-refractivity contribution in [2.24, 2.45) is 5.41 Å². The van der Waals surface area contributed by atoms with Crippen LogP contribution in [0.15, 0.2) is 72.8 Å². The van der Waals surface area contributed by atoms with E-state index < -0.39 is 6.10 Å². The number of anilines is 1. The number of hydrogen-bond donors (Lipinski definition) is 2. The summed E-state index contributed by atoms with van der Waals surface area (Å²) >= 11 is 6.25. The number of hydrogen-bond acceptors (Lipinski definition) is 3. The number of aliphatic hydroxyl groups is 1. The van der Waals surface area contributed by atoms with Crippen molar-refractivity contribution < 1.29 is 9.84 Å². The van der Waals surface area contributed by atoms with Gasteiger partial charge in [-0.3, -0.25) is 0 Å². The molecule has 0 fully saturated rings. The van der Waals surface area contributed by atoms with E-state index in [1.54, 1.807) is 0 Å². The third-order valence-electron chi connectivity index (χ3n) is 4.57. The molecule has 1 atom stereocenters. The molecule has 29 heavy (non-hydrogen) atoms. The van der Waals surface area contributed by atoms with Crippen LogP contribution in [-0.2, 0) is 6.61 Å². The zero-order chi connectivity index (χ0) is 20.9. The van der Waals surface area contributed by atoms with Gasteiger partial charge in [0, 0.05) is 28.4 Å². The first-order chi connectivity index (χ1) is 13.8. The van der Waals surface area contributed by atoms with Gasteiger partial charge in [0.25, 0.3) is 0 Å². The summed E-state index contributed by atoms with van der Waals surface area (Å²) in [5, 5.41) is 15.3. The summed E-state index contributed by atoms with van der Waals surface area (Å²) in [6.45, 7) is 7.71. The van der Waals surface area contributed by atoms with Crippen molar-refractivity contribution in [3.05, 3.63) is 94.5 Å². The van der Waals surface area contributed by atoms with Crippen LogP contribution >= 0.6 is 11.6 Å². The molecular formula is C25H28ClNO2. The minimum absolute atomic E-state index is 0.110. The Morgan fingerprint density at radius 1 is 0.931 bits per heavy atom. The molecule has 0 spiro atoms. The van der Waals surface area contributed by atoms with Gasteiger partial charge in [-0.2, -0.15) is 0 Å². The number of para-hydroxylation sites is 1. The van der Waals surface area contributed by atoms with E-state index in [0.29, 0.717) is 22.9 Å². The molecule has 2 N–H and O–H groups in total. The van der Waals surface area contributed by atoms with Crippen LogP contribution in [0.3, 0.4) is 0 Å². The molecule has 0 aliphatic carbocycles. The van der Waals surface area contributed by atoms with Gasteiger partial charge < -0.3 is 15.2 Å². The summed E-state index contributed by atoms with van der Waals surface area (Å²) < 4.78 is 6.04. The van der Waals surface area contributed by atoms with Crippen molar-refractivity contribution >= 4 is 17.3 Å². The summed E-state index contributed by atoms with van der Waals surface area (Å²) in [5.74, 6) is 0.658. The Kier molecular flexibility index (Phi) is 6.83. The Hall–Kier alpha value is -2.49. The molecule has 1 unspecified atom stereocenters. The van der Waals surface area contributed by atoms with Crippen molar-refractivity contribution in [1.82, 2.24) is 0 Å². The molecule has 3 aromatic carbocycles. The summed E-state index contributed by atoms with van der Waals surface area (Å²) in [4.78, 5) is 0. The van der Waals surface area contributed by atoms with Crippen molar-refractivity contribution in [3.63, 3.8) is 0 Å². The van der Waals surface area contributed by atoms with E-state index in [-0.39, 0.29) is 5.41 Å². The van der Waals surface area contributed by atoms with Gasteiger partial charge in [0.1, 0.15) is 18.5 Å². The first-order valence-electron chi connectivity index (χ1n) is 9.80. The highest BCUT2D eigenvalue weighted by molar-refractivity contribution is 6.30. The molecule has 0 aromatic heterocycles. The maximum Gasteiger partial charge on any atom is 0.125 e. The monoisotopic (exact) mass is 409 g/mol. The average Bonchev–Trinajstić information content (AvgIpc) is 2.71. The van der Waals surface area contributed by atoms with Crippen LogP contribution in [0.5, 0.6) is 5.75 Å². The van der Waals surface area contributed by atoms with Gasteiger partial charge in [-0.1, -0.05) is 80.9 Å². The number of rotatable bonds is 7. The molecule has 0 amide bonds. The predicted molar refractivity (Wildman–Crippen MR) is 121 cm³/mol. The van der Waals surface area contributed by atoms with Crippen LogP contribution in [0.25, 0.3) is 0 Å². The van der Waals surface area contributed by atoms with Gasteiger partial charge in [0.15, 0.2) is 0 Å². The molecule has 0 saturated carbocycles. The van der Waals surface area contributed by atoms with Crippen LogP contribution in [0.4, 0.5) is 5.69 Å². The van der Waals surface area contributed by atoms with Crippen LogP contribution in [0, 0.1) is 5.41 Å². The number of benzene rings is 3. The van der Waals surface area contributed by atoms with Gasteiger partial charge >= 0.3 is 0 Å². The van der Waals surface area contributed by atoms with Gasteiger partial charge in [0.2, 0.25) is 0 Å². The summed E-state index contributed by atoms with van der Waals surface area (Å²) in [7, 11) is 0. The lowest BCUT2D eigenvalue weighted by molar-refractivity contribution is 0.209. The van der Waals surface area contributed by atoms with Crippen LogP contribution in [-0.4, -0.2) is 11.7 Å². The van der Waals surface area contributed by atoms with E-state index in [4.69, 9.17) is 16.3 Å². The number of halogens is 1. The highest BCUT2D eigenvalue weighted by Crippen LogP contribution is 2.35. The van der Waals surface area contributed by atoms with E-state index in [9.17, 15) is 5.11 Å². The second kappa shape index (κ2) is 9.34. The van der Waals surface area contributed by atoms with E-state index in [2.05, 4.69) is 26.1 Å². The quantitative estimate of drug-likeness (QED) is 0.470. The lowest BCUT2D eigenvalue weighted by Crippen LogP contribution is -2.20. The van der Waals surface area contributed by atoms with Crippen LogP contribution < -0.4 is 10.1 Å². The Morgan fingerprint density at radius 3 is 2.34 bits per heavy atom. The fourth-order valence-corrected chi connectivity index (χ4v) is 3.20. The highest BCUT2D eigenvalue weighted by Gasteiger charge is 2.20. The summed E-state index contributed by atoms with van der Waals surface area (Å²) in [6, 6.07) is 23.1. The highest BCUT2D eigenvalue weighted by atomic mass is 35.5. The van der Waals surface area contributed by atoms with E-state index in [1.165, 1.54) is 0 Å². The van der Waals surface area contributed by atoms with Crippen molar-refractivity contribution in [1.29, 1.82) is 0 Å². The normalized spacial score (nSPS) is 12.4. The molecular weight excluding hydrogens is 382 g/mol. The molecule has 0 heterocycles. The molecule has 0 aliphatic heterocycles. The zero-order valence-corrected chi connectivity index (χ0v) is 17.9. The number of nitrogens with one attached hydrogen (secondary N) is 1. The molecule has 3 nitrogen and oxygen atoms in total. The molecule has 0 aliphatic rings. The zero-order valence-electron chi connectivity index (χ0n) is 17.2. The average molecular weight is 410 g/mol. The Balaban J connectivity index is 1.86. The maximum atomic E-state index is 11.2. The topological polar surface area (TPSA) is 41.5 Å². The Labute approximate surface area is 178 Å². The third-order valence-corrected chi connectivity index (χ3v) is 4.80. The SMILES string of the molecule is CC(C)(C)CNc1ccc(Cl)cc1C(O)c1ccccc1OCc1ccccc1. The Morgan fingerprint density at radius 2 is 1.62 bits per heavy atom. The van der Waals surface area contributed by atoms with Gasteiger partial charge in [-0.25, -0.2) is 0 Å². The molecule has 3 rings (SSSR count). The molecule has 152 valence electrons. The fraction of sp³-hybridized carbons (Fsp3) is 0.280. The second-order valence-electron chi connectivity index (χ2n) is 8.36. The van der Waals surface area contributed by atoms with Crippen LogP contribution in [0.1, 0.15) is 43.6 Å². The van der Waals surface area contributed by atoms with Crippen LogP contribution in [0.2, 0.25) is 5.02 Å². The molecule has 0 bridgehead atoms. The van der Waals surface area contributed by atoms with Gasteiger partial charge in [-0.15, -0.1) is 0 Å². The van der Waals surface area contributed by atoms with Gasteiger partial charge in [0.05, 0.1) is 0 Å². The maximum absolute atomic E-state index is 11.2. The van der Waals surface area contributed by atoms with E-state index in [1.807, 2.05) is 72.8 Å². The number of ether oxygens (including phenoxy) is 1. The predicted octanol–water partition coefficient (Wildman–Crippen LogP) is 6.46. The minimum Gasteiger partial charge on any atom is -0.489 e. The molecule has 0 saturated heterocycles. The van der Waals surface area contributed by atoms with E-state index in [0.717, 1.165) is 23.4 Å². The molecule has 3 aromatic rings. The van der Waals surface area contributed by atoms with Crippen molar-refractivity contribution in [3.8, 4) is 5.75 Å². The van der Waals surface area contributed by atoms with Crippen molar-refractivity contribution in [2.75, 3.05) is 11.9 Å². The fourth-order valence-electron chi connectivity index (χ4n) is 3.02. The number of aliphatic hydroxyl groups excluding tert-OH is 1. The lowest BCUT2D eigenvalue weighted by atomic mass is 9.95. The summed E-state index contributed by atoms with van der Waals surface area (Å²) in [5.41, 5.74) is 3.50. The molecule has 4 heteroatoms. The molecule has 0 radical (unpaired) electrons.